The van der Waals surface area contributed by atoms with Crippen molar-refractivity contribution in [3.8, 4) is 5.75 Å². The van der Waals surface area contributed by atoms with Gasteiger partial charge in [0.05, 0.1) is 18.5 Å². The minimum Gasteiger partial charge on any atom is -0.497 e. The minimum atomic E-state index is -0.707. The summed E-state index contributed by atoms with van der Waals surface area (Å²) in [4.78, 5) is 19.3. The van der Waals surface area contributed by atoms with Crippen LogP contribution in [0.4, 0.5) is 5.69 Å². The number of aliphatic imine (C=N–C) groups is 1. The van der Waals surface area contributed by atoms with Gasteiger partial charge in [0.1, 0.15) is 29.2 Å². The summed E-state index contributed by atoms with van der Waals surface area (Å²) < 4.78 is 5.45. The number of Topliss-reactive ketones (excluding diaryl/α,β-unsaturated/α-hetero) is 1. The number of carbonyl (C=O) groups is 1. The summed E-state index contributed by atoms with van der Waals surface area (Å²) in [5, 5.41) is 17.9. The Morgan fingerprint density at radius 2 is 1.85 bits per heavy atom. The third-order valence-corrected chi connectivity index (χ3v) is 6.08. The van der Waals surface area contributed by atoms with E-state index in [2.05, 4.69) is 0 Å². The lowest BCUT2D eigenvalue weighted by Gasteiger charge is -2.26. The van der Waals surface area contributed by atoms with Crippen LogP contribution in [0.5, 0.6) is 5.75 Å². The van der Waals surface area contributed by atoms with Crippen LogP contribution < -0.4 is 15.4 Å². The average molecular weight is 482 g/mol. The number of methoxy groups -OCH3 is 1. The zero-order chi connectivity index (χ0) is 24.7. The number of halogens is 1. The second kappa shape index (κ2) is 11.9. The number of ketones is 1. The lowest BCUT2D eigenvalue weighted by atomic mass is 9.99. The zero-order valence-corrected chi connectivity index (χ0v) is 20.5. The Morgan fingerprint density at radius 3 is 2.50 bits per heavy atom. The van der Waals surface area contributed by atoms with Crippen molar-refractivity contribution < 1.29 is 9.53 Å². The van der Waals surface area contributed by atoms with Gasteiger partial charge in [-0.3, -0.25) is 25.5 Å². The summed E-state index contributed by atoms with van der Waals surface area (Å²) >= 11 is 6.11. The molecule has 2 aromatic carbocycles. The Balaban J connectivity index is 2.01. The first kappa shape index (κ1) is 25.6. The summed E-state index contributed by atoms with van der Waals surface area (Å²) in [6.45, 7) is 2.30. The van der Waals surface area contributed by atoms with Crippen LogP contribution in [0, 0.1) is 10.8 Å². The molecule has 0 fully saturated rings. The zero-order valence-electron chi connectivity index (χ0n) is 19.7. The predicted molar refractivity (Wildman–Crippen MR) is 139 cm³/mol. The Bertz CT molecular complexity index is 1080. The van der Waals surface area contributed by atoms with Crippen molar-refractivity contribution >= 4 is 40.5 Å². The molecule has 7 nitrogen and oxygen atoms in total. The number of nitrogens with zero attached hydrogens (tertiary/aromatic N) is 2. The minimum absolute atomic E-state index is 0.0628. The number of carbonyl (C=O) groups excluding carboxylic acids is 1. The smallest absolute Gasteiger partial charge is 0.135 e. The number of anilines is 1. The number of nitrogens with two attached hydrogens (primary N) is 1. The molecule has 0 unspecified atom stereocenters. The van der Waals surface area contributed by atoms with E-state index in [9.17, 15) is 4.79 Å². The van der Waals surface area contributed by atoms with E-state index in [-0.39, 0.29) is 23.9 Å². The lowest BCUT2D eigenvalue weighted by Crippen LogP contribution is -2.41. The second-order valence-corrected chi connectivity index (χ2v) is 8.82. The van der Waals surface area contributed by atoms with Crippen molar-refractivity contribution in [2.75, 3.05) is 18.6 Å². The lowest BCUT2D eigenvalue weighted by molar-refractivity contribution is -0.119. The molecule has 1 aliphatic rings. The molecule has 1 heterocycles. The molecule has 3 rings (SSSR count). The van der Waals surface area contributed by atoms with E-state index in [1.807, 2.05) is 24.3 Å². The number of benzene rings is 2. The van der Waals surface area contributed by atoms with Gasteiger partial charge in [-0.2, -0.15) is 0 Å². The van der Waals surface area contributed by atoms with Crippen molar-refractivity contribution in [1.82, 2.24) is 0 Å². The Hall–Kier alpha value is -3.03. The van der Waals surface area contributed by atoms with Crippen molar-refractivity contribution in [3.63, 3.8) is 0 Å². The topological polar surface area (TPSA) is 116 Å². The molecule has 0 saturated carbocycles. The monoisotopic (exact) mass is 481 g/mol. The average Bonchev–Trinajstić information content (AvgIpc) is 2.93. The molecule has 4 N–H and O–H groups in total. The third kappa shape index (κ3) is 6.10. The first-order valence-electron chi connectivity index (χ1n) is 11.5. The fourth-order valence-corrected chi connectivity index (χ4v) is 4.20. The van der Waals surface area contributed by atoms with Crippen LogP contribution in [0.15, 0.2) is 47.5 Å². The predicted octanol–water partition coefficient (Wildman–Crippen LogP) is 5.22. The molecule has 180 valence electrons. The van der Waals surface area contributed by atoms with Gasteiger partial charge in [-0.1, -0.05) is 36.6 Å². The van der Waals surface area contributed by atoms with Gasteiger partial charge in [-0.05, 0) is 56.6 Å². The van der Waals surface area contributed by atoms with Gasteiger partial charge < -0.3 is 10.5 Å². The first-order valence-corrected chi connectivity index (χ1v) is 11.9. The van der Waals surface area contributed by atoms with Gasteiger partial charge in [0.2, 0.25) is 0 Å². The standard InChI is InChI=1S/C26H32ClN5O2/c1-17(29)32-24-13-12-21(34-2)16-22(24)25(18-8-10-19(27)11-9-18)31-23(26(32)30)15-20(33)7-5-3-4-6-14-28/h8-13,16,23,29-30H,3-7,14-15,28H2,1-2H3/t23-/m0/s1. The number of amidine groups is 2. The number of rotatable bonds is 10. The van der Waals surface area contributed by atoms with Gasteiger partial charge in [0.15, 0.2) is 0 Å². The molecule has 1 atom stereocenters. The maximum atomic E-state index is 12.8. The van der Waals surface area contributed by atoms with Crippen LogP contribution in [-0.2, 0) is 4.79 Å². The van der Waals surface area contributed by atoms with Gasteiger partial charge in [-0.25, -0.2) is 0 Å². The quantitative estimate of drug-likeness (QED) is 0.245. The molecule has 0 spiro atoms. The fourth-order valence-electron chi connectivity index (χ4n) is 4.07. The summed E-state index contributed by atoms with van der Waals surface area (Å²) in [6.07, 6.45) is 4.30. The number of nitrogens with one attached hydrogen (secondary N) is 2. The van der Waals surface area contributed by atoms with Crippen molar-refractivity contribution in [2.45, 2.75) is 51.5 Å². The molecule has 2 aromatic rings. The van der Waals surface area contributed by atoms with Gasteiger partial charge in [-0.15, -0.1) is 0 Å². The summed E-state index contributed by atoms with van der Waals surface area (Å²) in [5.74, 6) is 0.997. The van der Waals surface area contributed by atoms with Crippen LogP contribution >= 0.6 is 11.6 Å². The highest BCUT2D eigenvalue weighted by atomic mass is 35.5. The summed E-state index contributed by atoms with van der Waals surface area (Å²) in [5.41, 5.74) is 8.38. The van der Waals surface area contributed by atoms with E-state index < -0.39 is 6.04 Å². The number of ether oxygens (including phenoxy) is 1. The molecule has 34 heavy (non-hydrogen) atoms. The van der Waals surface area contributed by atoms with Crippen LogP contribution in [0.2, 0.25) is 5.02 Å². The van der Waals surface area contributed by atoms with Crippen molar-refractivity contribution in [3.05, 3.63) is 58.6 Å². The molecular weight excluding hydrogens is 450 g/mol. The third-order valence-electron chi connectivity index (χ3n) is 5.83. The van der Waals surface area contributed by atoms with Crippen LogP contribution in [-0.4, -0.2) is 42.9 Å². The highest BCUT2D eigenvalue weighted by Gasteiger charge is 2.32. The Labute approximate surface area is 206 Å². The van der Waals surface area contributed by atoms with E-state index in [1.54, 1.807) is 37.1 Å². The molecule has 0 amide bonds. The van der Waals surface area contributed by atoms with E-state index in [4.69, 9.17) is 37.9 Å². The van der Waals surface area contributed by atoms with E-state index in [0.717, 1.165) is 36.8 Å². The van der Waals surface area contributed by atoms with Crippen LogP contribution in [0.3, 0.4) is 0 Å². The first-order chi connectivity index (χ1) is 16.3. The maximum Gasteiger partial charge on any atom is 0.135 e. The van der Waals surface area contributed by atoms with Gasteiger partial charge >= 0.3 is 0 Å². The van der Waals surface area contributed by atoms with Crippen LogP contribution in [0.1, 0.15) is 56.6 Å². The maximum absolute atomic E-state index is 12.8. The number of fused-ring (bicyclic) bond motifs is 1. The molecule has 1 aliphatic heterocycles. The molecular formula is C26H32ClN5O2. The molecule has 0 radical (unpaired) electrons. The number of unbranched alkanes of at least 4 members (excludes halogenated alkanes) is 3. The van der Waals surface area contributed by atoms with Crippen molar-refractivity contribution in [2.24, 2.45) is 10.7 Å². The number of hydrogen-bond acceptors (Lipinski definition) is 6. The summed E-state index contributed by atoms with van der Waals surface area (Å²) in [7, 11) is 1.59. The fraction of sp³-hybridized carbons (Fsp3) is 0.385. The van der Waals surface area contributed by atoms with E-state index >= 15 is 0 Å². The van der Waals surface area contributed by atoms with Gasteiger partial charge in [0.25, 0.3) is 0 Å². The van der Waals surface area contributed by atoms with Gasteiger partial charge in [0, 0.05) is 29.0 Å². The molecule has 0 bridgehead atoms. The second-order valence-electron chi connectivity index (χ2n) is 8.39. The Kier molecular flexibility index (Phi) is 8.96. The summed E-state index contributed by atoms with van der Waals surface area (Å²) in [6, 6.07) is 12.1. The van der Waals surface area contributed by atoms with E-state index in [1.165, 1.54) is 0 Å². The largest absolute Gasteiger partial charge is 0.497 e. The normalized spacial score (nSPS) is 15.4. The SMILES string of the molecule is COc1ccc2c(c1)C(c1ccc(Cl)cc1)=N[C@@H](CC(=O)CCCCCCN)C(=N)N2C(C)=N. The molecule has 0 saturated heterocycles. The molecule has 0 aliphatic carbocycles. The number of hydrogen-bond donors (Lipinski definition) is 3. The molecule has 8 heteroatoms. The molecule has 0 aromatic heterocycles. The van der Waals surface area contributed by atoms with Crippen LogP contribution in [0.25, 0.3) is 0 Å². The highest BCUT2D eigenvalue weighted by Crippen LogP contribution is 2.33. The highest BCUT2D eigenvalue weighted by molar-refractivity contribution is 6.31. The Morgan fingerprint density at radius 1 is 1.15 bits per heavy atom. The number of benzodiazepines with no additional fused rings is 1. The van der Waals surface area contributed by atoms with Crippen molar-refractivity contribution in [1.29, 1.82) is 10.8 Å². The van der Waals surface area contributed by atoms with E-state index in [0.29, 0.717) is 35.1 Å².